The van der Waals surface area contributed by atoms with Crippen molar-refractivity contribution in [2.75, 3.05) is 37.3 Å². The number of rotatable bonds is 5. The molecule has 3 heterocycles. The number of halogens is 1. The topological polar surface area (TPSA) is 88.0 Å². The molecular weight excluding hydrogens is 397 g/mol. The molecule has 1 aromatic carbocycles. The van der Waals surface area contributed by atoms with E-state index in [1.165, 1.54) is 23.0 Å². The Kier molecular flexibility index (Phi) is 4.99. The maximum Gasteiger partial charge on any atom is 0.211 e. The predicted molar refractivity (Wildman–Crippen MR) is 108 cm³/mol. The summed E-state index contributed by atoms with van der Waals surface area (Å²) in [6, 6.07) is 4.84. The van der Waals surface area contributed by atoms with Gasteiger partial charge in [-0.15, -0.1) is 0 Å². The van der Waals surface area contributed by atoms with Crippen LogP contribution >= 0.6 is 0 Å². The predicted octanol–water partition coefficient (Wildman–Crippen LogP) is 1.97. The molecule has 1 aromatic heterocycles. The summed E-state index contributed by atoms with van der Waals surface area (Å²) < 4.78 is 44.5. The van der Waals surface area contributed by atoms with Gasteiger partial charge in [-0.05, 0) is 19.9 Å². The van der Waals surface area contributed by atoms with E-state index in [2.05, 4.69) is 15.0 Å². The van der Waals surface area contributed by atoms with Crippen LogP contribution in [0.2, 0.25) is 0 Å². The van der Waals surface area contributed by atoms with E-state index in [1.807, 2.05) is 24.8 Å². The molecule has 2 aliphatic rings. The number of ether oxygens (including phenoxy) is 1. The molecule has 2 aliphatic heterocycles. The largest absolute Gasteiger partial charge is 0.488 e. The van der Waals surface area contributed by atoms with Crippen LogP contribution in [0.5, 0.6) is 5.75 Å². The number of nitrogens with zero attached hydrogens (tertiary/aromatic N) is 5. The van der Waals surface area contributed by atoms with Gasteiger partial charge < -0.3 is 9.64 Å². The van der Waals surface area contributed by atoms with E-state index >= 15 is 0 Å². The first kappa shape index (κ1) is 19.7. The molecule has 2 aromatic rings. The standard InChI is InChI=1S/C19H22FN5O3S/c1-12(2)28-17-8-13-15(9-14(17)20)23-19(13)16-10-18(22-11-21-16)24-4-6-25(7-5-24)29(3,26)27/h8-12H,4-7H2,1-3H3. The van der Waals surface area contributed by atoms with E-state index in [0.717, 1.165) is 5.56 Å². The molecule has 29 heavy (non-hydrogen) atoms. The molecule has 0 bridgehead atoms. The third kappa shape index (κ3) is 3.95. The maximum absolute atomic E-state index is 14.1. The van der Waals surface area contributed by atoms with Gasteiger partial charge in [0.1, 0.15) is 12.1 Å². The van der Waals surface area contributed by atoms with E-state index in [9.17, 15) is 12.8 Å². The summed E-state index contributed by atoms with van der Waals surface area (Å²) in [5.41, 5.74) is 2.64. The highest BCUT2D eigenvalue weighted by Crippen LogP contribution is 2.37. The Bertz CT molecular complexity index is 1080. The SMILES string of the molecule is CC(C)Oc1cc2c(cc1F)N=C2c1cc(N2CCN(S(C)(=O)=O)CC2)ncn1. The van der Waals surface area contributed by atoms with Gasteiger partial charge in [-0.3, -0.25) is 0 Å². The Morgan fingerprint density at radius 1 is 1.10 bits per heavy atom. The molecule has 1 fully saturated rings. The number of anilines is 1. The Hall–Kier alpha value is -2.59. The molecule has 154 valence electrons. The lowest BCUT2D eigenvalue weighted by Gasteiger charge is -2.34. The van der Waals surface area contributed by atoms with Gasteiger partial charge in [0.25, 0.3) is 0 Å². The normalized spacial score (nSPS) is 17.0. The first-order chi connectivity index (χ1) is 13.7. The summed E-state index contributed by atoms with van der Waals surface area (Å²) in [6.45, 7) is 5.60. The molecule has 0 aliphatic carbocycles. The van der Waals surface area contributed by atoms with Crippen LogP contribution in [0.1, 0.15) is 25.1 Å². The summed E-state index contributed by atoms with van der Waals surface area (Å²) in [5, 5.41) is 0. The molecule has 0 radical (unpaired) electrons. The van der Waals surface area contributed by atoms with Crippen molar-refractivity contribution < 1.29 is 17.5 Å². The van der Waals surface area contributed by atoms with Crippen LogP contribution in [-0.4, -0.2) is 66.9 Å². The highest BCUT2D eigenvalue weighted by atomic mass is 32.2. The fraction of sp³-hybridized carbons (Fsp3) is 0.421. The van der Waals surface area contributed by atoms with Crippen LogP contribution in [0.4, 0.5) is 15.9 Å². The van der Waals surface area contributed by atoms with Gasteiger partial charge in [-0.25, -0.2) is 27.8 Å². The summed E-state index contributed by atoms with van der Waals surface area (Å²) >= 11 is 0. The molecule has 0 atom stereocenters. The number of aliphatic imine (C=N–C) groups is 1. The number of hydrogen-bond donors (Lipinski definition) is 0. The van der Waals surface area contributed by atoms with Crippen LogP contribution in [0.3, 0.4) is 0 Å². The van der Waals surface area contributed by atoms with Gasteiger partial charge in [0.2, 0.25) is 10.0 Å². The molecule has 4 rings (SSSR count). The molecule has 8 nitrogen and oxygen atoms in total. The van der Waals surface area contributed by atoms with Crippen molar-refractivity contribution in [3.63, 3.8) is 0 Å². The average molecular weight is 419 g/mol. The first-order valence-electron chi connectivity index (χ1n) is 9.34. The van der Waals surface area contributed by atoms with E-state index < -0.39 is 15.8 Å². The minimum absolute atomic E-state index is 0.140. The molecular formula is C19H22FN5O3S. The molecule has 1 saturated heterocycles. The molecule has 0 unspecified atom stereocenters. The number of sulfonamides is 1. The lowest BCUT2D eigenvalue weighted by Crippen LogP contribution is -2.48. The lowest BCUT2D eigenvalue weighted by molar-refractivity contribution is 0.231. The molecule has 0 amide bonds. The van der Waals surface area contributed by atoms with Crippen LogP contribution in [-0.2, 0) is 10.0 Å². The second-order valence-corrected chi connectivity index (χ2v) is 9.32. The van der Waals surface area contributed by atoms with Crippen LogP contribution in [0.25, 0.3) is 0 Å². The second kappa shape index (κ2) is 7.34. The number of hydrogen-bond acceptors (Lipinski definition) is 7. The van der Waals surface area contributed by atoms with E-state index in [-0.39, 0.29) is 11.9 Å². The van der Waals surface area contributed by atoms with E-state index in [4.69, 9.17) is 4.74 Å². The van der Waals surface area contributed by atoms with E-state index in [0.29, 0.717) is 49.1 Å². The third-order valence-corrected chi connectivity index (χ3v) is 6.13. The number of benzene rings is 1. The average Bonchev–Trinajstić information content (AvgIpc) is 2.66. The van der Waals surface area contributed by atoms with Crippen LogP contribution < -0.4 is 9.64 Å². The van der Waals surface area contributed by atoms with Crippen LogP contribution in [0, 0.1) is 5.82 Å². The van der Waals surface area contributed by atoms with Crippen molar-refractivity contribution in [2.24, 2.45) is 4.99 Å². The highest BCUT2D eigenvalue weighted by molar-refractivity contribution is 7.88. The lowest BCUT2D eigenvalue weighted by atomic mass is 9.98. The smallest absolute Gasteiger partial charge is 0.211 e. The molecule has 0 spiro atoms. The Balaban J connectivity index is 1.54. The van der Waals surface area contributed by atoms with Crippen molar-refractivity contribution in [1.82, 2.24) is 14.3 Å². The zero-order chi connectivity index (χ0) is 20.8. The summed E-state index contributed by atoms with van der Waals surface area (Å²) in [4.78, 5) is 15.0. The Morgan fingerprint density at radius 2 is 1.83 bits per heavy atom. The molecule has 0 N–H and O–H groups in total. The zero-order valence-electron chi connectivity index (χ0n) is 16.5. The minimum atomic E-state index is -3.19. The van der Waals surface area contributed by atoms with Crippen molar-refractivity contribution in [3.05, 3.63) is 41.6 Å². The summed E-state index contributed by atoms with van der Waals surface area (Å²) in [7, 11) is -3.19. The molecule has 10 heteroatoms. The quantitative estimate of drug-likeness (QED) is 0.628. The third-order valence-electron chi connectivity index (χ3n) is 4.83. The van der Waals surface area contributed by atoms with Crippen molar-refractivity contribution in [3.8, 4) is 5.75 Å². The Morgan fingerprint density at radius 3 is 2.48 bits per heavy atom. The summed E-state index contributed by atoms with van der Waals surface area (Å²) in [5.74, 6) is 0.463. The maximum atomic E-state index is 14.1. The fourth-order valence-electron chi connectivity index (χ4n) is 3.39. The first-order valence-corrected chi connectivity index (χ1v) is 11.2. The van der Waals surface area contributed by atoms with Gasteiger partial charge in [-0.1, -0.05) is 0 Å². The van der Waals surface area contributed by atoms with E-state index in [1.54, 1.807) is 6.07 Å². The van der Waals surface area contributed by atoms with Crippen molar-refractivity contribution in [1.29, 1.82) is 0 Å². The molecule has 0 saturated carbocycles. The second-order valence-electron chi connectivity index (χ2n) is 7.34. The van der Waals surface area contributed by atoms with Gasteiger partial charge in [0.15, 0.2) is 11.6 Å². The Labute approximate surface area is 169 Å². The van der Waals surface area contributed by atoms with Gasteiger partial charge in [0.05, 0.1) is 29.5 Å². The van der Waals surface area contributed by atoms with Gasteiger partial charge in [-0.2, -0.15) is 4.31 Å². The fourth-order valence-corrected chi connectivity index (χ4v) is 4.22. The number of piperazine rings is 1. The monoisotopic (exact) mass is 419 g/mol. The minimum Gasteiger partial charge on any atom is -0.488 e. The van der Waals surface area contributed by atoms with Crippen molar-refractivity contribution >= 4 is 27.2 Å². The summed E-state index contributed by atoms with van der Waals surface area (Å²) in [6.07, 6.45) is 2.54. The number of fused-ring (bicyclic) bond motifs is 1. The number of aromatic nitrogens is 2. The van der Waals surface area contributed by atoms with Gasteiger partial charge in [0, 0.05) is 43.9 Å². The van der Waals surface area contributed by atoms with Crippen molar-refractivity contribution in [2.45, 2.75) is 20.0 Å². The zero-order valence-corrected chi connectivity index (χ0v) is 17.3. The van der Waals surface area contributed by atoms with Crippen LogP contribution in [0.15, 0.2) is 29.5 Å². The highest BCUT2D eigenvalue weighted by Gasteiger charge is 2.27. The van der Waals surface area contributed by atoms with Gasteiger partial charge >= 0.3 is 0 Å².